The van der Waals surface area contributed by atoms with Crippen molar-refractivity contribution in [3.8, 4) is 11.8 Å². The molecule has 0 heterocycles. The summed E-state index contributed by atoms with van der Waals surface area (Å²) in [6.07, 6.45) is 7.16. The van der Waals surface area contributed by atoms with Crippen LogP contribution in [0.1, 0.15) is 57.1 Å². The van der Waals surface area contributed by atoms with Crippen LogP contribution in [0.25, 0.3) is 0 Å². The van der Waals surface area contributed by atoms with E-state index in [0.717, 1.165) is 17.7 Å². The average Bonchev–Trinajstić information content (AvgIpc) is 2.44. The lowest BCUT2D eigenvalue weighted by Gasteiger charge is -2.01. The Bertz CT molecular complexity index is 451. The minimum Gasteiger partial charge on any atom is -0.288 e. The van der Waals surface area contributed by atoms with Gasteiger partial charge in [-0.15, -0.1) is 0 Å². The summed E-state index contributed by atoms with van der Waals surface area (Å²) in [6.45, 7) is 3.83. The van der Waals surface area contributed by atoms with Gasteiger partial charge in [0.05, 0.1) is 0 Å². The molecular weight excluding hydrogens is 264 g/mol. The number of benzene rings is 1. The number of hydrogen-bond acceptors (Lipinski definition) is 2. The summed E-state index contributed by atoms with van der Waals surface area (Å²) in [5, 5.41) is 0.166. The van der Waals surface area contributed by atoms with Crippen molar-refractivity contribution in [3.05, 3.63) is 35.4 Å². The second kappa shape index (κ2) is 10.6. The van der Waals surface area contributed by atoms with E-state index in [9.17, 15) is 4.79 Å². The van der Waals surface area contributed by atoms with Crippen molar-refractivity contribution in [2.45, 2.75) is 52.4 Å². The van der Waals surface area contributed by atoms with Gasteiger partial charge in [0.25, 0.3) is 0 Å². The largest absolute Gasteiger partial charge is 0.288 e. The van der Waals surface area contributed by atoms with Crippen molar-refractivity contribution in [1.82, 2.24) is 0 Å². The van der Waals surface area contributed by atoms with Crippen LogP contribution >= 0.6 is 11.8 Å². The van der Waals surface area contributed by atoms with Crippen LogP contribution in [0.2, 0.25) is 0 Å². The van der Waals surface area contributed by atoms with E-state index in [1.54, 1.807) is 6.92 Å². The molecule has 0 aliphatic rings. The Balaban J connectivity index is 2.31. The van der Waals surface area contributed by atoms with E-state index >= 15 is 0 Å². The maximum atomic E-state index is 10.8. The first kappa shape index (κ1) is 16.9. The van der Waals surface area contributed by atoms with Gasteiger partial charge in [0.2, 0.25) is 0 Å². The molecule has 0 radical (unpaired) electrons. The normalized spacial score (nSPS) is 9.90. The molecule has 0 unspecified atom stereocenters. The summed E-state index contributed by atoms with van der Waals surface area (Å²) in [7, 11) is 0. The van der Waals surface area contributed by atoms with Crippen molar-refractivity contribution >= 4 is 16.9 Å². The average molecular weight is 288 g/mol. The van der Waals surface area contributed by atoms with E-state index in [-0.39, 0.29) is 5.12 Å². The molecule has 0 bridgehead atoms. The van der Waals surface area contributed by atoms with Crippen LogP contribution in [0.3, 0.4) is 0 Å². The Morgan fingerprint density at radius 1 is 1.15 bits per heavy atom. The maximum Gasteiger partial charge on any atom is 0.185 e. The fourth-order valence-corrected chi connectivity index (χ4v) is 2.41. The number of hydrogen-bond donors (Lipinski definition) is 0. The smallest absolute Gasteiger partial charge is 0.185 e. The lowest BCUT2D eigenvalue weighted by Crippen LogP contribution is -1.86. The van der Waals surface area contributed by atoms with E-state index in [4.69, 9.17) is 0 Å². The van der Waals surface area contributed by atoms with Crippen LogP contribution in [0.4, 0.5) is 0 Å². The fraction of sp³-hybridized carbons (Fsp3) is 0.500. The monoisotopic (exact) mass is 288 g/mol. The van der Waals surface area contributed by atoms with Gasteiger partial charge in [-0.25, -0.2) is 0 Å². The maximum absolute atomic E-state index is 10.8. The third kappa shape index (κ3) is 8.07. The molecule has 0 N–H and O–H groups in total. The van der Waals surface area contributed by atoms with E-state index in [1.165, 1.54) is 49.4 Å². The summed E-state index contributed by atoms with van der Waals surface area (Å²) in [5.41, 5.74) is 2.47. The molecule has 0 saturated carbocycles. The Morgan fingerprint density at radius 3 is 2.55 bits per heavy atom. The number of unbranched alkanes of at least 4 members (excludes halogenated alkanes) is 3. The molecule has 1 aromatic rings. The van der Waals surface area contributed by atoms with Gasteiger partial charge in [0, 0.05) is 24.7 Å². The lowest BCUT2D eigenvalue weighted by atomic mass is 10.0. The SMILES string of the molecule is CCCCCCc1ccc(C#CCCSC(C)=O)cc1. The Morgan fingerprint density at radius 2 is 1.90 bits per heavy atom. The van der Waals surface area contributed by atoms with Crippen molar-refractivity contribution in [1.29, 1.82) is 0 Å². The third-order valence-corrected chi connectivity index (χ3v) is 3.85. The minimum atomic E-state index is 0.166. The Labute approximate surface area is 127 Å². The first-order valence-electron chi connectivity index (χ1n) is 7.43. The van der Waals surface area contributed by atoms with Gasteiger partial charge < -0.3 is 0 Å². The molecule has 0 fully saturated rings. The molecule has 1 nitrogen and oxygen atoms in total. The summed E-state index contributed by atoms with van der Waals surface area (Å²) < 4.78 is 0. The Kier molecular flexibility index (Phi) is 8.91. The molecule has 0 amide bonds. The zero-order valence-electron chi connectivity index (χ0n) is 12.6. The van der Waals surface area contributed by atoms with E-state index in [1.807, 2.05) is 0 Å². The summed E-state index contributed by atoms with van der Waals surface area (Å²) in [5.74, 6) is 7.05. The van der Waals surface area contributed by atoms with Crippen LogP contribution in [0.5, 0.6) is 0 Å². The topological polar surface area (TPSA) is 17.1 Å². The number of carbonyl (C=O) groups is 1. The summed E-state index contributed by atoms with van der Waals surface area (Å²) in [6, 6.07) is 8.56. The molecule has 0 saturated heterocycles. The van der Waals surface area contributed by atoms with Crippen molar-refractivity contribution in [2.75, 3.05) is 5.75 Å². The molecule has 108 valence electrons. The van der Waals surface area contributed by atoms with Crippen LogP contribution in [0.15, 0.2) is 24.3 Å². The summed E-state index contributed by atoms with van der Waals surface area (Å²) in [4.78, 5) is 10.8. The van der Waals surface area contributed by atoms with Crippen molar-refractivity contribution in [2.24, 2.45) is 0 Å². The van der Waals surface area contributed by atoms with Crippen molar-refractivity contribution in [3.63, 3.8) is 0 Å². The van der Waals surface area contributed by atoms with Gasteiger partial charge in [-0.05, 0) is 30.5 Å². The second-order valence-electron chi connectivity index (χ2n) is 4.90. The number of aryl methyl sites for hydroxylation is 1. The highest BCUT2D eigenvalue weighted by atomic mass is 32.2. The fourth-order valence-electron chi connectivity index (χ4n) is 1.92. The third-order valence-electron chi connectivity index (χ3n) is 3.04. The van der Waals surface area contributed by atoms with E-state index in [2.05, 4.69) is 43.0 Å². The van der Waals surface area contributed by atoms with Crippen LogP contribution < -0.4 is 0 Å². The van der Waals surface area contributed by atoms with Gasteiger partial charge >= 0.3 is 0 Å². The number of rotatable bonds is 7. The van der Waals surface area contributed by atoms with Crippen molar-refractivity contribution < 1.29 is 4.79 Å². The van der Waals surface area contributed by atoms with Crippen LogP contribution in [-0.4, -0.2) is 10.9 Å². The van der Waals surface area contributed by atoms with Crippen LogP contribution in [0, 0.1) is 11.8 Å². The molecule has 2 heteroatoms. The van der Waals surface area contributed by atoms with Crippen LogP contribution in [-0.2, 0) is 11.2 Å². The van der Waals surface area contributed by atoms with Gasteiger partial charge in [0.15, 0.2) is 5.12 Å². The predicted octanol–water partition coefficient (Wildman–Crippen LogP) is 4.83. The van der Waals surface area contributed by atoms with E-state index < -0.39 is 0 Å². The highest BCUT2D eigenvalue weighted by molar-refractivity contribution is 8.13. The van der Waals surface area contributed by atoms with E-state index in [0.29, 0.717) is 0 Å². The predicted molar refractivity (Wildman–Crippen MR) is 88.9 cm³/mol. The van der Waals surface area contributed by atoms with Gasteiger partial charge in [-0.1, -0.05) is 61.9 Å². The van der Waals surface area contributed by atoms with Gasteiger partial charge in [-0.3, -0.25) is 4.79 Å². The molecule has 0 spiro atoms. The highest BCUT2D eigenvalue weighted by Gasteiger charge is 1.94. The molecule has 0 aliphatic carbocycles. The zero-order chi connectivity index (χ0) is 14.6. The molecule has 0 aliphatic heterocycles. The highest BCUT2D eigenvalue weighted by Crippen LogP contribution is 2.09. The quantitative estimate of drug-likeness (QED) is 0.528. The molecule has 1 aromatic carbocycles. The minimum absolute atomic E-state index is 0.166. The molecule has 0 atom stereocenters. The summed E-state index contributed by atoms with van der Waals surface area (Å²) >= 11 is 1.34. The molecular formula is C18H24OS. The molecule has 1 rings (SSSR count). The second-order valence-corrected chi connectivity index (χ2v) is 6.17. The lowest BCUT2D eigenvalue weighted by molar-refractivity contribution is -0.109. The van der Waals surface area contributed by atoms with Gasteiger partial charge in [0.1, 0.15) is 0 Å². The molecule has 0 aromatic heterocycles. The van der Waals surface area contributed by atoms with Gasteiger partial charge in [-0.2, -0.15) is 0 Å². The number of carbonyl (C=O) groups excluding carboxylic acids is 1. The standard InChI is InChI=1S/C18H24OS/c1-3-4-5-6-9-17-11-13-18(14-12-17)10-7-8-15-20-16(2)19/h11-14H,3-6,8-9,15H2,1-2H3. The first-order valence-corrected chi connectivity index (χ1v) is 8.42. The first-order chi connectivity index (χ1) is 9.72. The number of thioether (sulfide) groups is 1. The zero-order valence-corrected chi connectivity index (χ0v) is 13.4. The Hall–Kier alpha value is -1.20. The molecule has 20 heavy (non-hydrogen) atoms.